The van der Waals surface area contributed by atoms with E-state index in [9.17, 15) is 4.79 Å². The second-order valence-electron chi connectivity index (χ2n) is 5.29. The molecular weight excluding hydrogens is 272 g/mol. The SMILES string of the molecule is CCc1ccc(C=C2C(=O)N(c3ccccc3)N=C2C)cc1. The lowest BCUT2D eigenvalue weighted by atomic mass is 10.0. The van der Waals surface area contributed by atoms with Crippen LogP contribution in [-0.2, 0) is 11.2 Å². The van der Waals surface area contributed by atoms with E-state index in [0.717, 1.165) is 23.4 Å². The quantitative estimate of drug-likeness (QED) is 0.785. The number of carbonyl (C=O) groups is 1. The highest BCUT2D eigenvalue weighted by Crippen LogP contribution is 2.24. The second-order valence-corrected chi connectivity index (χ2v) is 5.29. The zero-order valence-corrected chi connectivity index (χ0v) is 12.8. The Balaban J connectivity index is 1.90. The molecule has 0 atom stereocenters. The minimum atomic E-state index is -0.0803. The van der Waals surface area contributed by atoms with Crippen LogP contribution in [-0.4, -0.2) is 11.6 Å². The molecule has 3 nitrogen and oxygen atoms in total. The summed E-state index contributed by atoms with van der Waals surface area (Å²) in [4.78, 5) is 12.6. The van der Waals surface area contributed by atoms with Gasteiger partial charge in [-0.25, -0.2) is 0 Å². The van der Waals surface area contributed by atoms with Gasteiger partial charge in [-0.05, 0) is 42.7 Å². The Labute approximate surface area is 130 Å². The smallest absolute Gasteiger partial charge is 0.267 e. The maximum absolute atomic E-state index is 12.6. The second kappa shape index (κ2) is 5.98. The minimum Gasteiger partial charge on any atom is -0.267 e. The van der Waals surface area contributed by atoms with Gasteiger partial charge in [0.2, 0.25) is 0 Å². The number of amides is 1. The summed E-state index contributed by atoms with van der Waals surface area (Å²) in [7, 11) is 0. The highest BCUT2D eigenvalue weighted by atomic mass is 16.2. The van der Waals surface area contributed by atoms with E-state index in [1.807, 2.05) is 55.5 Å². The number of carbonyl (C=O) groups excluding carboxylic acids is 1. The molecule has 0 aromatic heterocycles. The molecule has 3 rings (SSSR count). The number of anilines is 1. The number of hydrogen-bond donors (Lipinski definition) is 0. The van der Waals surface area contributed by atoms with Crippen molar-refractivity contribution in [3.05, 3.63) is 71.3 Å². The lowest BCUT2D eigenvalue weighted by Crippen LogP contribution is -2.21. The number of para-hydroxylation sites is 1. The van der Waals surface area contributed by atoms with Crippen molar-refractivity contribution in [2.75, 3.05) is 5.01 Å². The van der Waals surface area contributed by atoms with Crippen molar-refractivity contribution in [2.24, 2.45) is 5.10 Å². The van der Waals surface area contributed by atoms with E-state index in [-0.39, 0.29) is 5.91 Å². The fourth-order valence-corrected chi connectivity index (χ4v) is 2.44. The van der Waals surface area contributed by atoms with Crippen LogP contribution in [0.4, 0.5) is 5.69 Å². The Morgan fingerprint density at radius 2 is 1.73 bits per heavy atom. The van der Waals surface area contributed by atoms with Gasteiger partial charge in [0.25, 0.3) is 5.91 Å². The molecule has 0 bridgehead atoms. The van der Waals surface area contributed by atoms with Crippen molar-refractivity contribution in [3.63, 3.8) is 0 Å². The molecule has 1 heterocycles. The summed E-state index contributed by atoms with van der Waals surface area (Å²) in [5.74, 6) is -0.0803. The highest BCUT2D eigenvalue weighted by Gasteiger charge is 2.28. The van der Waals surface area contributed by atoms with Crippen molar-refractivity contribution in [1.29, 1.82) is 0 Å². The van der Waals surface area contributed by atoms with Gasteiger partial charge in [-0.2, -0.15) is 10.1 Å². The monoisotopic (exact) mass is 290 g/mol. The molecule has 2 aromatic rings. The topological polar surface area (TPSA) is 32.7 Å². The molecule has 0 fully saturated rings. The molecule has 3 heteroatoms. The van der Waals surface area contributed by atoms with Crippen LogP contribution < -0.4 is 5.01 Å². The van der Waals surface area contributed by atoms with E-state index in [0.29, 0.717) is 5.57 Å². The number of rotatable bonds is 3. The first-order valence-electron chi connectivity index (χ1n) is 7.45. The van der Waals surface area contributed by atoms with Crippen LogP contribution in [0.5, 0.6) is 0 Å². The molecule has 0 radical (unpaired) electrons. The number of nitrogens with zero attached hydrogens (tertiary/aromatic N) is 2. The Morgan fingerprint density at radius 1 is 1.05 bits per heavy atom. The van der Waals surface area contributed by atoms with Gasteiger partial charge >= 0.3 is 0 Å². The number of hydrogen-bond acceptors (Lipinski definition) is 2. The van der Waals surface area contributed by atoms with Crippen molar-refractivity contribution in [1.82, 2.24) is 0 Å². The van der Waals surface area contributed by atoms with Gasteiger partial charge in [-0.15, -0.1) is 0 Å². The molecular formula is C19H18N2O. The van der Waals surface area contributed by atoms with Crippen LogP contribution in [0.1, 0.15) is 25.0 Å². The van der Waals surface area contributed by atoms with Gasteiger partial charge in [-0.3, -0.25) is 4.79 Å². The number of aryl methyl sites for hydroxylation is 1. The van der Waals surface area contributed by atoms with Crippen LogP contribution in [0.2, 0.25) is 0 Å². The molecule has 0 saturated carbocycles. The van der Waals surface area contributed by atoms with Crippen LogP contribution in [0.15, 0.2) is 65.3 Å². The molecule has 1 aliphatic heterocycles. The maximum Gasteiger partial charge on any atom is 0.280 e. The highest BCUT2D eigenvalue weighted by molar-refractivity contribution is 6.32. The standard InChI is InChI=1S/C19H18N2O/c1-3-15-9-11-16(12-10-15)13-18-14(2)20-21(19(18)22)17-7-5-4-6-8-17/h4-13H,3H2,1-2H3. The van der Waals surface area contributed by atoms with Gasteiger partial charge in [-0.1, -0.05) is 49.4 Å². The lowest BCUT2D eigenvalue weighted by Gasteiger charge is -2.11. The molecule has 22 heavy (non-hydrogen) atoms. The van der Waals surface area contributed by atoms with E-state index in [2.05, 4.69) is 24.2 Å². The van der Waals surface area contributed by atoms with E-state index in [1.165, 1.54) is 10.6 Å². The first-order chi connectivity index (χ1) is 10.7. The lowest BCUT2D eigenvalue weighted by molar-refractivity contribution is -0.114. The summed E-state index contributed by atoms with van der Waals surface area (Å²) in [5, 5.41) is 5.84. The summed E-state index contributed by atoms with van der Waals surface area (Å²) < 4.78 is 0. The van der Waals surface area contributed by atoms with E-state index in [4.69, 9.17) is 0 Å². The Hall–Kier alpha value is -2.68. The van der Waals surface area contributed by atoms with Crippen LogP contribution in [0, 0.1) is 0 Å². The fraction of sp³-hybridized carbons (Fsp3) is 0.158. The Morgan fingerprint density at radius 3 is 2.36 bits per heavy atom. The first-order valence-corrected chi connectivity index (χ1v) is 7.45. The van der Waals surface area contributed by atoms with E-state index in [1.54, 1.807) is 0 Å². The summed E-state index contributed by atoms with van der Waals surface area (Å²) in [6.07, 6.45) is 2.92. The first kappa shape index (κ1) is 14.3. The molecule has 0 spiro atoms. The summed E-state index contributed by atoms with van der Waals surface area (Å²) in [5.41, 5.74) is 4.49. The molecule has 0 aliphatic carbocycles. The third kappa shape index (κ3) is 2.70. The van der Waals surface area contributed by atoms with Gasteiger partial charge in [0, 0.05) is 0 Å². The summed E-state index contributed by atoms with van der Waals surface area (Å²) in [6.45, 7) is 4.00. The molecule has 0 unspecified atom stereocenters. The Bertz CT molecular complexity index is 743. The van der Waals surface area contributed by atoms with Crippen molar-refractivity contribution in [2.45, 2.75) is 20.3 Å². The zero-order chi connectivity index (χ0) is 15.5. The van der Waals surface area contributed by atoms with E-state index < -0.39 is 0 Å². The van der Waals surface area contributed by atoms with Gasteiger partial charge < -0.3 is 0 Å². The van der Waals surface area contributed by atoms with Crippen molar-refractivity contribution >= 4 is 23.4 Å². The fourth-order valence-electron chi connectivity index (χ4n) is 2.44. The minimum absolute atomic E-state index is 0.0803. The van der Waals surface area contributed by atoms with Crippen molar-refractivity contribution < 1.29 is 4.79 Å². The zero-order valence-electron chi connectivity index (χ0n) is 12.8. The van der Waals surface area contributed by atoms with Crippen LogP contribution in [0.25, 0.3) is 6.08 Å². The average Bonchev–Trinajstić information content (AvgIpc) is 2.84. The van der Waals surface area contributed by atoms with E-state index >= 15 is 0 Å². The Kier molecular flexibility index (Phi) is 3.88. The maximum atomic E-state index is 12.6. The third-order valence-corrected chi connectivity index (χ3v) is 3.76. The van der Waals surface area contributed by atoms with Crippen LogP contribution in [0.3, 0.4) is 0 Å². The average molecular weight is 290 g/mol. The number of benzene rings is 2. The predicted octanol–water partition coefficient (Wildman–Crippen LogP) is 4.06. The molecule has 110 valence electrons. The predicted molar refractivity (Wildman–Crippen MR) is 90.8 cm³/mol. The third-order valence-electron chi connectivity index (χ3n) is 3.76. The van der Waals surface area contributed by atoms with Gasteiger partial charge in [0.15, 0.2) is 0 Å². The van der Waals surface area contributed by atoms with Crippen molar-refractivity contribution in [3.8, 4) is 0 Å². The molecule has 1 amide bonds. The molecule has 0 N–H and O–H groups in total. The number of hydrazone groups is 1. The van der Waals surface area contributed by atoms with Crippen LogP contribution >= 0.6 is 0 Å². The van der Waals surface area contributed by atoms with Gasteiger partial charge in [0.05, 0.1) is 17.0 Å². The largest absolute Gasteiger partial charge is 0.280 e. The molecule has 2 aromatic carbocycles. The molecule has 1 aliphatic rings. The summed E-state index contributed by atoms with van der Waals surface area (Å²) >= 11 is 0. The summed E-state index contributed by atoms with van der Waals surface area (Å²) in [6, 6.07) is 17.8. The van der Waals surface area contributed by atoms with Gasteiger partial charge in [0.1, 0.15) is 0 Å². The molecule has 0 saturated heterocycles. The normalized spacial score (nSPS) is 16.3.